The number of nitrogens with zero attached hydrogens (tertiary/aromatic N) is 1. The summed E-state index contributed by atoms with van der Waals surface area (Å²) in [5.74, 6) is -0.368. The summed E-state index contributed by atoms with van der Waals surface area (Å²) in [4.78, 5) is 25.1. The van der Waals surface area contributed by atoms with Gasteiger partial charge in [0.15, 0.2) is 0 Å². The maximum atomic E-state index is 12.7. The van der Waals surface area contributed by atoms with Crippen molar-refractivity contribution in [2.24, 2.45) is 0 Å². The molecule has 9 heteroatoms. The van der Waals surface area contributed by atoms with Gasteiger partial charge < -0.3 is 27.9 Å². The molecule has 0 amide bonds. The minimum Gasteiger partial charge on any atom is -0.756 e. The molecule has 0 aromatic carbocycles. The van der Waals surface area contributed by atoms with Crippen molar-refractivity contribution < 1.29 is 37.3 Å². The van der Waals surface area contributed by atoms with E-state index in [-0.39, 0.29) is 32.2 Å². The average Bonchev–Trinajstić information content (AvgIpc) is 3.19. The summed E-state index contributed by atoms with van der Waals surface area (Å²) in [6.45, 7) is 5.23. The summed E-state index contributed by atoms with van der Waals surface area (Å²) >= 11 is 0. The molecule has 0 aliphatic heterocycles. The number of likely N-dealkylation sites (N-methyl/N-ethyl adjacent to an activating group) is 1. The highest BCUT2D eigenvalue weighted by atomic mass is 31.2. The highest BCUT2D eigenvalue weighted by molar-refractivity contribution is 7.45. The van der Waals surface area contributed by atoms with Gasteiger partial charge >= 0.3 is 5.97 Å². The molecule has 0 aromatic rings. The van der Waals surface area contributed by atoms with Crippen LogP contribution in [0.5, 0.6) is 0 Å². The number of hydrogen-bond acceptors (Lipinski definition) is 7. The first-order chi connectivity index (χ1) is 28.6. The van der Waals surface area contributed by atoms with E-state index in [0.717, 1.165) is 64.2 Å². The van der Waals surface area contributed by atoms with E-state index in [9.17, 15) is 14.3 Å². The fourth-order valence-electron chi connectivity index (χ4n) is 6.10. The molecule has 0 spiro atoms. The Labute approximate surface area is 363 Å². The van der Waals surface area contributed by atoms with Crippen molar-refractivity contribution in [2.45, 2.75) is 187 Å². The zero-order chi connectivity index (χ0) is 43.4. The van der Waals surface area contributed by atoms with Crippen molar-refractivity contribution in [3.63, 3.8) is 0 Å². The first kappa shape index (κ1) is 56.9. The molecule has 0 radical (unpaired) electrons. The van der Waals surface area contributed by atoms with Crippen LogP contribution in [0.25, 0.3) is 0 Å². The first-order valence-electron chi connectivity index (χ1n) is 23.7. The molecule has 0 bridgehead atoms. The van der Waals surface area contributed by atoms with Crippen molar-refractivity contribution >= 4 is 13.8 Å². The molecule has 0 fully saturated rings. The number of carbonyl (C=O) groups excluding carboxylic acids is 1. The molecule has 0 aromatic heterocycles. The minimum absolute atomic E-state index is 0.0154. The van der Waals surface area contributed by atoms with Crippen LogP contribution < -0.4 is 4.89 Å². The van der Waals surface area contributed by atoms with Gasteiger partial charge in [-0.25, -0.2) is 0 Å². The molecule has 0 aliphatic rings. The van der Waals surface area contributed by atoms with E-state index >= 15 is 0 Å². The van der Waals surface area contributed by atoms with Gasteiger partial charge in [0.25, 0.3) is 7.82 Å². The lowest BCUT2D eigenvalue weighted by molar-refractivity contribution is -0.870. The van der Waals surface area contributed by atoms with E-state index in [1.54, 1.807) is 0 Å². The summed E-state index contributed by atoms with van der Waals surface area (Å²) in [5, 5.41) is 0. The Balaban J connectivity index is 4.28. The predicted octanol–water partition coefficient (Wildman–Crippen LogP) is 13.6. The normalized spacial score (nSPS) is 14.3. The molecule has 59 heavy (non-hydrogen) atoms. The highest BCUT2D eigenvalue weighted by Gasteiger charge is 2.20. The Kier molecular flexibility index (Phi) is 41.1. The maximum absolute atomic E-state index is 12.7. The minimum atomic E-state index is -4.54. The molecule has 0 saturated carbocycles. The fraction of sp³-hybridized carbons (Fsp3) is 0.740. The van der Waals surface area contributed by atoms with Gasteiger partial charge in [-0.2, -0.15) is 0 Å². The monoisotopic (exact) mass is 848 g/mol. The largest absolute Gasteiger partial charge is 0.756 e. The summed E-state index contributed by atoms with van der Waals surface area (Å²) in [6, 6.07) is 0. The average molecular weight is 848 g/mol. The molecule has 0 rings (SSSR count). The van der Waals surface area contributed by atoms with Gasteiger partial charge in [0.1, 0.15) is 19.3 Å². The smallest absolute Gasteiger partial charge is 0.306 e. The summed E-state index contributed by atoms with van der Waals surface area (Å²) in [6.07, 6.45) is 54.9. The van der Waals surface area contributed by atoms with E-state index in [4.69, 9.17) is 18.5 Å². The molecule has 0 N–H and O–H groups in total. The number of phosphoric ester groups is 1. The Hall–Kier alpha value is -2.06. The van der Waals surface area contributed by atoms with Crippen LogP contribution in [0, 0.1) is 0 Å². The van der Waals surface area contributed by atoms with Crippen molar-refractivity contribution in [2.75, 3.05) is 54.1 Å². The molecule has 0 saturated heterocycles. The van der Waals surface area contributed by atoms with Gasteiger partial charge in [0.05, 0.1) is 34.4 Å². The number of rotatable bonds is 43. The molecule has 0 aliphatic carbocycles. The van der Waals surface area contributed by atoms with Crippen LogP contribution in [0.3, 0.4) is 0 Å². The third-order valence-electron chi connectivity index (χ3n) is 9.74. The van der Waals surface area contributed by atoms with E-state index < -0.39 is 13.9 Å². The highest BCUT2D eigenvalue weighted by Crippen LogP contribution is 2.38. The van der Waals surface area contributed by atoms with Crippen LogP contribution in [0.1, 0.15) is 181 Å². The second-order valence-corrected chi connectivity index (χ2v) is 18.1. The quantitative estimate of drug-likeness (QED) is 0.0198. The Morgan fingerprint density at radius 1 is 0.542 bits per heavy atom. The standard InChI is InChI=1S/C50H90NO7P/c1-6-8-10-12-14-16-18-20-22-24-26-27-29-31-33-35-37-39-41-43-50(52)58-49(48-57-59(53,54)56-46-44-51(3,4)5)47-55-45-42-40-38-36-34-32-30-28-25-23-21-19-17-15-13-11-9-7-2/h8,10,14,16,20-23,26-27,31,33,49H,6-7,9,11-13,15,17-19,24-25,28-30,32,34-48H2,1-5H3/b10-8-,16-14-,22-20-,23-21-,27-26-,33-31-. The van der Waals surface area contributed by atoms with E-state index in [2.05, 4.69) is 86.8 Å². The predicted molar refractivity (Wildman–Crippen MR) is 249 cm³/mol. The van der Waals surface area contributed by atoms with Crippen molar-refractivity contribution in [1.29, 1.82) is 0 Å². The lowest BCUT2D eigenvalue weighted by Crippen LogP contribution is -2.37. The third kappa shape index (κ3) is 46.9. The Morgan fingerprint density at radius 3 is 1.49 bits per heavy atom. The summed E-state index contributed by atoms with van der Waals surface area (Å²) in [5.41, 5.74) is 0. The number of unbranched alkanes of at least 4 members (excludes halogenated alkanes) is 17. The van der Waals surface area contributed by atoms with Gasteiger partial charge in [-0.3, -0.25) is 9.36 Å². The van der Waals surface area contributed by atoms with Crippen LogP contribution in [-0.4, -0.2) is 70.7 Å². The lowest BCUT2D eigenvalue weighted by atomic mass is 10.1. The second kappa shape index (κ2) is 42.6. The number of carbonyl (C=O) groups is 1. The topological polar surface area (TPSA) is 94.1 Å². The molecule has 2 unspecified atom stereocenters. The van der Waals surface area contributed by atoms with Gasteiger partial charge in [0, 0.05) is 13.0 Å². The molecular formula is C50H90NO7P. The van der Waals surface area contributed by atoms with Crippen LogP contribution >= 0.6 is 7.82 Å². The van der Waals surface area contributed by atoms with Crippen LogP contribution in [0.2, 0.25) is 0 Å². The van der Waals surface area contributed by atoms with Gasteiger partial charge in [0.2, 0.25) is 0 Å². The van der Waals surface area contributed by atoms with Crippen molar-refractivity contribution in [3.8, 4) is 0 Å². The molecule has 342 valence electrons. The number of phosphoric acid groups is 1. The van der Waals surface area contributed by atoms with E-state index in [1.165, 1.54) is 89.9 Å². The van der Waals surface area contributed by atoms with E-state index in [1.807, 2.05) is 21.1 Å². The fourth-order valence-corrected chi connectivity index (χ4v) is 6.82. The number of quaternary nitrogens is 1. The van der Waals surface area contributed by atoms with Crippen LogP contribution in [0.4, 0.5) is 0 Å². The van der Waals surface area contributed by atoms with Gasteiger partial charge in [-0.15, -0.1) is 0 Å². The number of hydrogen-bond donors (Lipinski definition) is 0. The first-order valence-corrected chi connectivity index (χ1v) is 25.1. The zero-order valence-electron chi connectivity index (χ0n) is 38.7. The van der Waals surface area contributed by atoms with Crippen molar-refractivity contribution in [1.82, 2.24) is 0 Å². The van der Waals surface area contributed by atoms with Crippen molar-refractivity contribution in [3.05, 3.63) is 72.9 Å². The third-order valence-corrected chi connectivity index (χ3v) is 10.7. The van der Waals surface area contributed by atoms with Gasteiger partial charge in [-0.1, -0.05) is 164 Å². The summed E-state index contributed by atoms with van der Waals surface area (Å²) in [7, 11) is 1.32. The lowest BCUT2D eigenvalue weighted by Gasteiger charge is -2.28. The second-order valence-electron chi connectivity index (χ2n) is 16.7. The zero-order valence-corrected chi connectivity index (χ0v) is 39.6. The number of esters is 1. The van der Waals surface area contributed by atoms with Gasteiger partial charge in [-0.05, 0) is 83.5 Å². The molecule has 0 heterocycles. The Bertz CT molecular complexity index is 1170. The molecule has 8 nitrogen and oxygen atoms in total. The van der Waals surface area contributed by atoms with Crippen LogP contribution in [0.15, 0.2) is 72.9 Å². The SMILES string of the molecule is CC/C=C\C/C=C\C/C=C\C/C=C\C/C=C\CCCCCC(=O)OC(COCCCCCCCCCC/C=C\CCCCCCCC)COP(=O)([O-])OCC[N+](C)(C)C. The number of ether oxygens (including phenoxy) is 2. The maximum Gasteiger partial charge on any atom is 0.306 e. The molecule has 2 atom stereocenters. The Morgan fingerprint density at radius 2 is 0.983 bits per heavy atom. The van der Waals surface area contributed by atoms with E-state index in [0.29, 0.717) is 24.1 Å². The van der Waals surface area contributed by atoms with Crippen LogP contribution in [-0.2, 0) is 27.9 Å². The summed E-state index contributed by atoms with van der Waals surface area (Å²) < 4.78 is 34.6. The molecular weight excluding hydrogens is 758 g/mol. The number of allylic oxidation sites excluding steroid dienone is 12.